The molecule has 0 fully saturated rings. The minimum atomic E-state index is -4.26. The molecule has 1 aromatic rings. The van der Waals surface area contributed by atoms with Crippen LogP contribution in [0.25, 0.3) is 0 Å². The Balaban J connectivity index is 3.39. The molecule has 0 spiro atoms. The number of sulfonamides is 1. The van der Waals surface area contributed by atoms with Gasteiger partial charge in [0.2, 0.25) is 15.9 Å². The molecule has 10 nitrogen and oxygen atoms in total. The van der Waals surface area contributed by atoms with Gasteiger partial charge >= 0.3 is 0 Å². The highest BCUT2D eigenvalue weighted by Gasteiger charge is 2.33. The number of carbonyl (C=O) groups excluding carboxylic acids is 1. The monoisotopic (exact) mass is 317 g/mol. The lowest BCUT2D eigenvalue weighted by Gasteiger charge is -2.22. The highest BCUT2D eigenvalue weighted by Crippen LogP contribution is 2.26. The van der Waals surface area contributed by atoms with Crippen LogP contribution in [0.2, 0.25) is 0 Å². The number of nitrogens with one attached hydrogen (secondary N) is 2. The largest absolute Gasteiger partial charge is 0.368 e. The fraction of sp³-hybridized carbons (Fsp3) is 0.300. The third-order valence-corrected chi connectivity index (χ3v) is 4.32. The number of non-ortho nitro benzene ring substituents is 1. The number of nitrogens with zero attached hydrogens (tertiary/aromatic N) is 1. The molecule has 0 bridgehead atoms. The number of hydrogen-bond acceptors (Lipinski definition) is 7. The molecule has 0 aliphatic heterocycles. The average Bonchev–Trinajstić information content (AvgIpc) is 2.36. The van der Waals surface area contributed by atoms with Crippen molar-refractivity contribution >= 4 is 27.3 Å². The van der Waals surface area contributed by atoms with Crippen molar-refractivity contribution in [1.29, 1.82) is 0 Å². The Bertz CT molecular complexity index is 685. The first-order valence-corrected chi connectivity index (χ1v) is 7.08. The number of rotatable bonds is 6. The summed E-state index contributed by atoms with van der Waals surface area (Å²) in [6.45, 7) is 2.53. The molecule has 0 saturated carbocycles. The molecule has 1 rings (SSSR count). The summed E-state index contributed by atoms with van der Waals surface area (Å²) in [5.74, 6) is 4.29. The number of benzene rings is 1. The lowest BCUT2D eigenvalue weighted by molar-refractivity contribution is -0.385. The summed E-state index contributed by atoms with van der Waals surface area (Å²) in [4.78, 5) is 20.7. The Hall–Kier alpha value is -2.24. The van der Waals surface area contributed by atoms with Crippen LogP contribution in [0.5, 0.6) is 0 Å². The molecule has 0 aliphatic rings. The predicted molar refractivity (Wildman–Crippen MR) is 74.5 cm³/mol. The van der Waals surface area contributed by atoms with Gasteiger partial charge in [-0.15, -0.1) is 0 Å². The fourth-order valence-electron chi connectivity index (χ4n) is 1.41. The number of nitro groups is 1. The Labute approximate surface area is 120 Å². The van der Waals surface area contributed by atoms with Crippen LogP contribution in [0.15, 0.2) is 23.1 Å². The van der Waals surface area contributed by atoms with Gasteiger partial charge in [-0.2, -0.15) is 4.72 Å². The van der Waals surface area contributed by atoms with Crippen molar-refractivity contribution in [1.82, 2.24) is 4.72 Å². The van der Waals surface area contributed by atoms with Gasteiger partial charge in [0, 0.05) is 12.1 Å². The van der Waals surface area contributed by atoms with Crippen molar-refractivity contribution < 1.29 is 18.1 Å². The molecular formula is C10H15N5O5S. The molecule has 0 heterocycles. The standard InChI is InChI=1S/C10H15N5O5S/c1-10(2,9(11)16)14-21(19,20)8-5-6(15(17)18)3-4-7(8)13-12/h3-5,13-14H,12H2,1-2H3,(H2,11,16). The van der Waals surface area contributed by atoms with Crippen LogP contribution >= 0.6 is 0 Å². The van der Waals surface area contributed by atoms with E-state index in [2.05, 4.69) is 10.1 Å². The van der Waals surface area contributed by atoms with Crippen LogP contribution in [0.3, 0.4) is 0 Å². The van der Waals surface area contributed by atoms with Gasteiger partial charge in [-0.05, 0) is 19.9 Å². The van der Waals surface area contributed by atoms with Gasteiger partial charge in [0.15, 0.2) is 0 Å². The zero-order chi connectivity index (χ0) is 16.4. The van der Waals surface area contributed by atoms with Crippen LogP contribution in [0, 0.1) is 10.1 Å². The molecule has 11 heteroatoms. The number of carbonyl (C=O) groups is 1. The molecule has 1 amide bonds. The minimum Gasteiger partial charge on any atom is -0.368 e. The highest BCUT2D eigenvalue weighted by molar-refractivity contribution is 7.89. The van der Waals surface area contributed by atoms with Crippen LogP contribution in [-0.2, 0) is 14.8 Å². The van der Waals surface area contributed by atoms with Crippen LogP contribution in [-0.4, -0.2) is 24.8 Å². The van der Waals surface area contributed by atoms with E-state index >= 15 is 0 Å². The molecule has 0 atom stereocenters. The lowest BCUT2D eigenvalue weighted by Crippen LogP contribution is -2.52. The fourth-order valence-corrected chi connectivity index (χ4v) is 2.98. The van der Waals surface area contributed by atoms with Gasteiger partial charge in [-0.25, -0.2) is 8.42 Å². The van der Waals surface area contributed by atoms with E-state index in [1.54, 1.807) is 0 Å². The van der Waals surface area contributed by atoms with E-state index in [4.69, 9.17) is 11.6 Å². The van der Waals surface area contributed by atoms with E-state index in [0.717, 1.165) is 18.2 Å². The topological polar surface area (TPSA) is 170 Å². The first-order valence-electron chi connectivity index (χ1n) is 5.60. The van der Waals surface area contributed by atoms with Gasteiger partial charge in [-0.1, -0.05) is 0 Å². The van der Waals surface area contributed by atoms with Gasteiger partial charge < -0.3 is 11.2 Å². The van der Waals surface area contributed by atoms with Gasteiger partial charge in [-0.3, -0.25) is 20.8 Å². The summed E-state index contributed by atoms with van der Waals surface area (Å²) in [5, 5.41) is 10.7. The number of hydrogen-bond donors (Lipinski definition) is 4. The first kappa shape index (κ1) is 16.8. The summed E-state index contributed by atoms with van der Waals surface area (Å²) in [6.07, 6.45) is 0. The van der Waals surface area contributed by atoms with Crippen molar-refractivity contribution in [2.75, 3.05) is 5.43 Å². The second-order valence-corrected chi connectivity index (χ2v) is 6.33. The maximum absolute atomic E-state index is 12.3. The Morgan fingerprint density at radius 2 is 1.95 bits per heavy atom. The molecule has 6 N–H and O–H groups in total. The smallest absolute Gasteiger partial charge is 0.270 e. The molecule has 0 radical (unpaired) electrons. The van der Waals surface area contributed by atoms with Gasteiger partial charge in [0.1, 0.15) is 10.4 Å². The van der Waals surface area contributed by atoms with E-state index in [0.29, 0.717) is 0 Å². The molecule has 1 aromatic carbocycles. The SMILES string of the molecule is CC(C)(NS(=O)(=O)c1cc([N+](=O)[O-])ccc1NN)C(N)=O. The van der Waals surface area contributed by atoms with Crippen molar-refractivity contribution in [2.24, 2.45) is 11.6 Å². The highest BCUT2D eigenvalue weighted by atomic mass is 32.2. The van der Waals surface area contributed by atoms with Crippen LogP contribution in [0.4, 0.5) is 11.4 Å². The molecule has 0 aliphatic carbocycles. The zero-order valence-electron chi connectivity index (χ0n) is 11.3. The summed E-state index contributed by atoms with van der Waals surface area (Å²) in [7, 11) is -4.26. The molecule has 116 valence electrons. The predicted octanol–water partition coefficient (Wildman–Crippen LogP) is -0.577. The Morgan fingerprint density at radius 3 is 2.38 bits per heavy atom. The van der Waals surface area contributed by atoms with Crippen LogP contribution in [0.1, 0.15) is 13.8 Å². The van der Waals surface area contributed by atoms with E-state index in [1.807, 2.05) is 0 Å². The summed E-state index contributed by atoms with van der Waals surface area (Å²) in [5.41, 5.74) is 5.14. The van der Waals surface area contributed by atoms with Crippen molar-refractivity contribution in [3.05, 3.63) is 28.3 Å². The zero-order valence-corrected chi connectivity index (χ0v) is 12.1. The molecule has 0 unspecified atom stereocenters. The Kier molecular flexibility index (Phi) is 4.51. The second-order valence-electron chi connectivity index (χ2n) is 4.68. The van der Waals surface area contributed by atoms with Crippen molar-refractivity contribution in [2.45, 2.75) is 24.3 Å². The maximum Gasteiger partial charge on any atom is 0.270 e. The quantitative estimate of drug-likeness (QED) is 0.309. The number of nitrogens with two attached hydrogens (primary N) is 2. The van der Waals surface area contributed by atoms with Crippen molar-refractivity contribution in [3.63, 3.8) is 0 Å². The van der Waals surface area contributed by atoms with E-state index in [1.165, 1.54) is 13.8 Å². The number of nitrogen functional groups attached to an aromatic ring is 1. The number of amides is 1. The van der Waals surface area contributed by atoms with E-state index in [9.17, 15) is 23.3 Å². The van der Waals surface area contributed by atoms with Gasteiger partial charge in [0.25, 0.3) is 5.69 Å². The van der Waals surface area contributed by atoms with Crippen LogP contribution < -0.4 is 21.7 Å². The minimum absolute atomic E-state index is 0.0617. The number of primary amides is 1. The van der Waals surface area contributed by atoms with Crippen molar-refractivity contribution in [3.8, 4) is 0 Å². The summed E-state index contributed by atoms with van der Waals surface area (Å²) < 4.78 is 26.6. The Morgan fingerprint density at radius 1 is 1.38 bits per heavy atom. The van der Waals surface area contributed by atoms with E-state index < -0.39 is 37.0 Å². The molecule has 0 saturated heterocycles. The third kappa shape index (κ3) is 3.65. The second kappa shape index (κ2) is 5.63. The molecule has 0 aromatic heterocycles. The van der Waals surface area contributed by atoms with E-state index in [-0.39, 0.29) is 5.69 Å². The lowest BCUT2D eigenvalue weighted by atomic mass is 10.1. The summed E-state index contributed by atoms with van der Waals surface area (Å²) >= 11 is 0. The van der Waals surface area contributed by atoms with Gasteiger partial charge in [0.05, 0.1) is 10.6 Å². The summed E-state index contributed by atoms with van der Waals surface area (Å²) in [6, 6.07) is 3.06. The molecular weight excluding hydrogens is 302 g/mol. The molecule has 21 heavy (non-hydrogen) atoms. The first-order chi connectivity index (χ1) is 9.51. The normalized spacial score (nSPS) is 12.0. The number of anilines is 1. The average molecular weight is 317 g/mol. The number of nitro benzene ring substituents is 1. The number of hydrazine groups is 1. The maximum atomic E-state index is 12.3. The third-order valence-electron chi connectivity index (χ3n) is 2.63.